The van der Waals surface area contributed by atoms with Crippen LogP contribution in [-0.4, -0.2) is 36.6 Å². The second-order valence-electron chi connectivity index (χ2n) is 4.52. The maximum absolute atomic E-state index is 11.1. The van der Waals surface area contributed by atoms with Gasteiger partial charge in [0.2, 0.25) is 5.60 Å². The number of hydrogen-bond acceptors (Lipinski definition) is 4. The average Bonchev–Trinajstić information content (AvgIpc) is 2.11. The molecule has 0 aromatic rings. The third kappa shape index (κ3) is 2.13. The van der Waals surface area contributed by atoms with Crippen molar-refractivity contribution in [3.05, 3.63) is 0 Å². The largest absolute Gasteiger partial charge is 0.443 e. The van der Waals surface area contributed by atoms with E-state index >= 15 is 0 Å². The summed E-state index contributed by atoms with van der Waals surface area (Å²) in [6.45, 7) is 6.84. The van der Waals surface area contributed by atoms with Gasteiger partial charge >= 0.3 is 5.97 Å². The van der Waals surface area contributed by atoms with E-state index in [1.165, 1.54) is 6.92 Å². The zero-order chi connectivity index (χ0) is 11.6. The predicted octanol–water partition coefficient (Wildman–Crippen LogP) is 1.03. The first-order valence-electron chi connectivity index (χ1n) is 5.21. The SMILES string of the molecule is CC(=O)OC1(C#N)[C@H](C)CN(C)C[C@@H]1C. The maximum Gasteiger partial charge on any atom is 0.304 e. The van der Waals surface area contributed by atoms with E-state index in [1.54, 1.807) is 0 Å². The molecule has 4 heteroatoms. The quantitative estimate of drug-likeness (QED) is 0.606. The standard InChI is InChI=1S/C11H18N2O2/c1-8-5-13(4)6-9(2)11(8,7-12)15-10(3)14/h8-9H,5-6H2,1-4H3/t8-,9+,11?. The molecule has 3 atom stereocenters. The van der Waals surface area contributed by atoms with Crippen molar-refractivity contribution in [1.82, 2.24) is 4.90 Å². The smallest absolute Gasteiger partial charge is 0.304 e. The van der Waals surface area contributed by atoms with Gasteiger partial charge in [-0.1, -0.05) is 13.8 Å². The molecule has 84 valence electrons. The van der Waals surface area contributed by atoms with E-state index in [4.69, 9.17) is 4.74 Å². The monoisotopic (exact) mass is 210 g/mol. The van der Waals surface area contributed by atoms with Gasteiger partial charge in [-0.3, -0.25) is 4.79 Å². The second-order valence-corrected chi connectivity index (χ2v) is 4.52. The topological polar surface area (TPSA) is 53.3 Å². The summed E-state index contributed by atoms with van der Waals surface area (Å²) in [5.74, 6) is -0.292. The summed E-state index contributed by atoms with van der Waals surface area (Å²) in [5.41, 5.74) is -0.946. The Kier molecular flexibility index (Phi) is 3.35. The van der Waals surface area contributed by atoms with Crippen LogP contribution >= 0.6 is 0 Å². The van der Waals surface area contributed by atoms with E-state index in [2.05, 4.69) is 11.0 Å². The van der Waals surface area contributed by atoms with E-state index in [-0.39, 0.29) is 17.8 Å². The number of carbonyl (C=O) groups excluding carboxylic acids is 1. The average molecular weight is 210 g/mol. The van der Waals surface area contributed by atoms with Crippen LogP contribution in [0.15, 0.2) is 0 Å². The fraction of sp³-hybridized carbons (Fsp3) is 0.818. The molecule has 1 unspecified atom stereocenters. The van der Waals surface area contributed by atoms with Crippen LogP contribution < -0.4 is 0 Å². The first-order chi connectivity index (χ1) is 6.92. The van der Waals surface area contributed by atoms with Crippen molar-refractivity contribution < 1.29 is 9.53 Å². The molecule has 1 heterocycles. The van der Waals surface area contributed by atoms with Crippen LogP contribution in [-0.2, 0) is 9.53 Å². The molecule has 0 N–H and O–H groups in total. The summed E-state index contributed by atoms with van der Waals surface area (Å²) in [6.07, 6.45) is 0. The lowest BCUT2D eigenvalue weighted by atomic mass is 9.76. The predicted molar refractivity (Wildman–Crippen MR) is 55.9 cm³/mol. The summed E-state index contributed by atoms with van der Waals surface area (Å²) in [6, 6.07) is 2.20. The summed E-state index contributed by atoms with van der Waals surface area (Å²) in [7, 11) is 2.02. The van der Waals surface area contributed by atoms with Gasteiger partial charge in [0, 0.05) is 31.8 Å². The van der Waals surface area contributed by atoms with Gasteiger partial charge in [0.15, 0.2) is 0 Å². The van der Waals surface area contributed by atoms with E-state index in [0.29, 0.717) is 0 Å². The minimum absolute atomic E-state index is 0.0418. The first-order valence-corrected chi connectivity index (χ1v) is 5.21. The Balaban J connectivity index is 2.95. The fourth-order valence-electron chi connectivity index (χ4n) is 2.45. The van der Waals surface area contributed by atoms with Crippen LogP contribution in [0, 0.1) is 23.2 Å². The van der Waals surface area contributed by atoms with Gasteiger partial charge in [0.1, 0.15) is 6.07 Å². The molecule has 0 aromatic carbocycles. The first kappa shape index (κ1) is 12.0. The highest BCUT2D eigenvalue weighted by Gasteiger charge is 2.48. The molecule has 0 aliphatic carbocycles. The number of carbonyl (C=O) groups is 1. The number of hydrogen-bond donors (Lipinski definition) is 0. The van der Waals surface area contributed by atoms with Gasteiger partial charge in [-0.2, -0.15) is 5.26 Å². The maximum atomic E-state index is 11.1. The zero-order valence-corrected chi connectivity index (χ0v) is 9.78. The van der Waals surface area contributed by atoms with Crippen LogP contribution in [0.5, 0.6) is 0 Å². The van der Waals surface area contributed by atoms with Gasteiger partial charge in [-0.05, 0) is 7.05 Å². The third-order valence-electron chi connectivity index (χ3n) is 3.12. The van der Waals surface area contributed by atoms with Crippen molar-refractivity contribution in [2.45, 2.75) is 26.4 Å². The van der Waals surface area contributed by atoms with Gasteiger partial charge < -0.3 is 9.64 Å². The van der Waals surface area contributed by atoms with E-state index in [0.717, 1.165) is 13.1 Å². The molecular weight excluding hydrogens is 192 g/mol. The lowest BCUT2D eigenvalue weighted by molar-refractivity contribution is -0.167. The minimum Gasteiger partial charge on any atom is -0.443 e. The lowest BCUT2D eigenvalue weighted by Crippen LogP contribution is -2.56. The van der Waals surface area contributed by atoms with Crippen molar-refractivity contribution in [2.24, 2.45) is 11.8 Å². The third-order valence-corrected chi connectivity index (χ3v) is 3.12. The molecule has 1 aliphatic rings. The van der Waals surface area contributed by atoms with Crippen LogP contribution in [0.1, 0.15) is 20.8 Å². The Morgan fingerprint density at radius 1 is 1.47 bits per heavy atom. The summed E-state index contributed by atoms with van der Waals surface area (Å²) >= 11 is 0. The van der Waals surface area contributed by atoms with Crippen molar-refractivity contribution in [2.75, 3.05) is 20.1 Å². The number of nitrogens with zero attached hydrogens (tertiary/aromatic N) is 2. The number of rotatable bonds is 1. The Morgan fingerprint density at radius 3 is 2.27 bits per heavy atom. The Labute approximate surface area is 90.8 Å². The molecule has 1 fully saturated rings. The Hall–Kier alpha value is -1.08. The number of esters is 1. The molecule has 0 bridgehead atoms. The van der Waals surface area contributed by atoms with Crippen LogP contribution in [0.4, 0.5) is 0 Å². The van der Waals surface area contributed by atoms with Crippen LogP contribution in [0.2, 0.25) is 0 Å². The molecule has 0 aromatic heterocycles. The molecule has 4 nitrogen and oxygen atoms in total. The highest BCUT2D eigenvalue weighted by Crippen LogP contribution is 2.35. The molecule has 15 heavy (non-hydrogen) atoms. The normalized spacial score (nSPS) is 37.0. The highest BCUT2D eigenvalue weighted by atomic mass is 16.6. The van der Waals surface area contributed by atoms with Gasteiger partial charge in [0.05, 0.1) is 0 Å². The van der Waals surface area contributed by atoms with Crippen molar-refractivity contribution in [3.8, 4) is 6.07 Å². The number of nitriles is 1. The number of piperidine rings is 1. The molecule has 0 radical (unpaired) electrons. The number of ether oxygens (including phenoxy) is 1. The second kappa shape index (κ2) is 4.19. The molecule has 0 amide bonds. The Morgan fingerprint density at radius 2 is 1.93 bits per heavy atom. The van der Waals surface area contributed by atoms with Gasteiger partial charge in [-0.25, -0.2) is 0 Å². The highest BCUT2D eigenvalue weighted by molar-refractivity contribution is 5.67. The molecule has 1 saturated heterocycles. The number of likely N-dealkylation sites (tertiary alicyclic amines) is 1. The molecule has 0 spiro atoms. The molecular formula is C11H18N2O2. The van der Waals surface area contributed by atoms with E-state index in [9.17, 15) is 10.1 Å². The molecule has 0 saturated carbocycles. The fourth-order valence-corrected chi connectivity index (χ4v) is 2.45. The van der Waals surface area contributed by atoms with E-state index < -0.39 is 5.60 Å². The molecule has 1 aliphatic heterocycles. The van der Waals surface area contributed by atoms with Gasteiger partial charge in [-0.15, -0.1) is 0 Å². The summed E-state index contributed by atoms with van der Waals surface area (Å²) < 4.78 is 5.27. The lowest BCUT2D eigenvalue weighted by Gasteiger charge is -2.44. The van der Waals surface area contributed by atoms with Gasteiger partial charge in [0.25, 0.3) is 0 Å². The van der Waals surface area contributed by atoms with Crippen molar-refractivity contribution in [3.63, 3.8) is 0 Å². The molecule has 1 rings (SSSR count). The summed E-state index contributed by atoms with van der Waals surface area (Å²) in [5, 5.41) is 9.27. The van der Waals surface area contributed by atoms with E-state index in [1.807, 2.05) is 20.9 Å². The summed E-state index contributed by atoms with van der Waals surface area (Å²) in [4.78, 5) is 13.2. The van der Waals surface area contributed by atoms with Crippen LogP contribution in [0.3, 0.4) is 0 Å². The minimum atomic E-state index is -0.946. The van der Waals surface area contributed by atoms with Crippen molar-refractivity contribution >= 4 is 5.97 Å². The Bertz CT molecular complexity index is 283. The van der Waals surface area contributed by atoms with Crippen molar-refractivity contribution in [1.29, 1.82) is 5.26 Å². The van der Waals surface area contributed by atoms with Crippen LogP contribution in [0.25, 0.3) is 0 Å². The zero-order valence-electron chi connectivity index (χ0n) is 9.78.